The number of aromatic nitrogens is 1. The Morgan fingerprint density at radius 3 is 2.68 bits per heavy atom. The van der Waals surface area contributed by atoms with Gasteiger partial charge < -0.3 is 19.9 Å². The molecule has 0 aromatic carbocycles. The molecule has 3 heterocycles. The molecule has 118 valence electrons. The normalized spacial score (nSPS) is 21.4. The number of hydrogen-bond donors (Lipinski definition) is 2. The Morgan fingerprint density at radius 2 is 2.05 bits per heavy atom. The third-order valence-electron chi connectivity index (χ3n) is 4.63. The van der Waals surface area contributed by atoms with Gasteiger partial charge in [0, 0.05) is 44.6 Å². The molecule has 1 amide bonds. The SMILES string of the molecule is N#Cc1c[nH]c(C(=O)NC2CCN(C3CCOCC3)CC2)c1. The summed E-state index contributed by atoms with van der Waals surface area (Å²) in [7, 11) is 0. The van der Waals surface area contributed by atoms with Gasteiger partial charge in [-0.3, -0.25) is 4.79 Å². The largest absolute Gasteiger partial charge is 0.381 e. The number of hydrogen-bond acceptors (Lipinski definition) is 4. The van der Waals surface area contributed by atoms with Gasteiger partial charge in [0.05, 0.1) is 5.56 Å². The fourth-order valence-electron chi connectivity index (χ4n) is 3.31. The molecule has 2 saturated heterocycles. The first-order valence-electron chi connectivity index (χ1n) is 7.97. The van der Waals surface area contributed by atoms with Crippen molar-refractivity contribution in [2.75, 3.05) is 26.3 Å². The number of aromatic amines is 1. The van der Waals surface area contributed by atoms with Crippen molar-refractivity contribution in [3.05, 3.63) is 23.5 Å². The van der Waals surface area contributed by atoms with Gasteiger partial charge in [-0.1, -0.05) is 0 Å². The maximum atomic E-state index is 12.1. The van der Waals surface area contributed by atoms with Gasteiger partial charge in [-0.25, -0.2) is 0 Å². The topological polar surface area (TPSA) is 81.1 Å². The monoisotopic (exact) mass is 302 g/mol. The van der Waals surface area contributed by atoms with E-state index in [1.165, 1.54) is 0 Å². The van der Waals surface area contributed by atoms with Crippen molar-refractivity contribution >= 4 is 5.91 Å². The molecule has 1 aromatic rings. The molecule has 0 atom stereocenters. The van der Waals surface area contributed by atoms with E-state index < -0.39 is 0 Å². The summed E-state index contributed by atoms with van der Waals surface area (Å²) >= 11 is 0. The minimum absolute atomic E-state index is 0.119. The number of rotatable bonds is 3. The van der Waals surface area contributed by atoms with Crippen LogP contribution in [0, 0.1) is 11.3 Å². The summed E-state index contributed by atoms with van der Waals surface area (Å²) in [6, 6.07) is 4.47. The lowest BCUT2D eigenvalue weighted by atomic mass is 9.99. The Bertz CT molecular complexity index is 549. The van der Waals surface area contributed by atoms with Crippen molar-refractivity contribution in [3.63, 3.8) is 0 Å². The van der Waals surface area contributed by atoms with Crippen molar-refractivity contribution in [3.8, 4) is 6.07 Å². The van der Waals surface area contributed by atoms with Crippen LogP contribution in [0.25, 0.3) is 0 Å². The third kappa shape index (κ3) is 3.49. The molecule has 0 saturated carbocycles. The Labute approximate surface area is 130 Å². The van der Waals surface area contributed by atoms with E-state index in [9.17, 15) is 4.79 Å². The van der Waals surface area contributed by atoms with E-state index in [1.807, 2.05) is 6.07 Å². The molecule has 2 fully saturated rings. The highest BCUT2D eigenvalue weighted by Crippen LogP contribution is 2.20. The van der Waals surface area contributed by atoms with Crippen LogP contribution in [0.3, 0.4) is 0 Å². The molecule has 2 aliphatic rings. The fourth-order valence-corrected chi connectivity index (χ4v) is 3.31. The van der Waals surface area contributed by atoms with E-state index in [0.29, 0.717) is 17.3 Å². The standard InChI is InChI=1S/C16H22N4O2/c17-10-12-9-15(18-11-12)16(21)19-13-1-5-20(6-2-13)14-3-7-22-8-4-14/h9,11,13-14,18H,1-8H2,(H,19,21). The van der Waals surface area contributed by atoms with Crippen molar-refractivity contribution in [1.82, 2.24) is 15.2 Å². The number of carbonyl (C=O) groups is 1. The molecular weight excluding hydrogens is 280 g/mol. The highest BCUT2D eigenvalue weighted by atomic mass is 16.5. The Hall–Kier alpha value is -1.84. The van der Waals surface area contributed by atoms with Crippen LogP contribution in [0.2, 0.25) is 0 Å². The van der Waals surface area contributed by atoms with E-state index in [-0.39, 0.29) is 11.9 Å². The molecular formula is C16H22N4O2. The van der Waals surface area contributed by atoms with Crippen molar-refractivity contribution < 1.29 is 9.53 Å². The molecule has 1 aromatic heterocycles. The summed E-state index contributed by atoms with van der Waals surface area (Å²) in [5.74, 6) is -0.119. The van der Waals surface area contributed by atoms with E-state index in [0.717, 1.165) is 52.0 Å². The van der Waals surface area contributed by atoms with Crippen LogP contribution in [0.15, 0.2) is 12.3 Å². The zero-order valence-corrected chi connectivity index (χ0v) is 12.7. The zero-order chi connectivity index (χ0) is 15.4. The molecule has 6 heteroatoms. The first-order chi connectivity index (χ1) is 10.8. The van der Waals surface area contributed by atoms with Gasteiger partial charge in [0.15, 0.2) is 0 Å². The molecule has 0 radical (unpaired) electrons. The highest BCUT2D eigenvalue weighted by Gasteiger charge is 2.27. The van der Waals surface area contributed by atoms with Crippen LogP contribution in [0.4, 0.5) is 0 Å². The second-order valence-electron chi connectivity index (χ2n) is 6.04. The molecule has 6 nitrogen and oxygen atoms in total. The van der Waals surface area contributed by atoms with Gasteiger partial charge in [0.1, 0.15) is 11.8 Å². The van der Waals surface area contributed by atoms with Crippen LogP contribution in [0.1, 0.15) is 41.7 Å². The Balaban J connectivity index is 1.47. The van der Waals surface area contributed by atoms with E-state index in [4.69, 9.17) is 10.00 Å². The summed E-state index contributed by atoms with van der Waals surface area (Å²) in [6.45, 7) is 3.80. The average molecular weight is 302 g/mol. The van der Waals surface area contributed by atoms with Gasteiger partial charge >= 0.3 is 0 Å². The lowest BCUT2D eigenvalue weighted by Gasteiger charge is -2.39. The number of H-pyrrole nitrogens is 1. The summed E-state index contributed by atoms with van der Waals surface area (Å²) in [6.07, 6.45) is 5.76. The Morgan fingerprint density at radius 1 is 1.32 bits per heavy atom. The van der Waals surface area contributed by atoms with Gasteiger partial charge in [0.25, 0.3) is 5.91 Å². The number of piperidine rings is 1. The number of amides is 1. The second-order valence-corrected chi connectivity index (χ2v) is 6.04. The van der Waals surface area contributed by atoms with Crippen molar-refractivity contribution in [1.29, 1.82) is 5.26 Å². The fraction of sp³-hybridized carbons (Fsp3) is 0.625. The van der Waals surface area contributed by atoms with Crippen LogP contribution >= 0.6 is 0 Å². The van der Waals surface area contributed by atoms with Gasteiger partial charge in [-0.05, 0) is 31.7 Å². The van der Waals surface area contributed by atoms with E-state index in [2.05, 4.69) is 15.2 Å². The summed E-state index contributed by atoms with van der Waals surface area (Å²) < 4.78 is 5.41. The quantitative estimate of drug-likeness (QED) is 0.881. The summed E-state index contributed by atoms with van der Waals surface area (Å²) in [5.41, 5.74) is 0.947. The second kappa shape index (κ2) is 6.95. The predicted molar refractivity (Wildman–Crippen MR) is 81.4 cm³/mol. The molecule has 0 spiro atoms. The summed E-state index contributed by atoms with van der Waals surface area (Å²) in [5, 5.41) is 11.9. The number of nitriles is 1. The maximum absolute atomic E-state index is 12.1. The number of nitrogens with zero attached hydrogens (tertiary/aromatic N) is 2. The smallest absolute Gasteiger partial charge is 0.267 e. The highest BCUT2D eigenvalue weighted by molar-refractivity contribution is 5.93. The first kappa shape index (κ1) is 15.1. The van der Waals surface area contributed by atoms with Crippen LogP contribution in [-0.2, 0) is 4.74 Å². The maximum Gasteiger partial charge on any atom is 0.267 e. The predicted octanol–water partition coefficient (Wildman–Crippen LogP) is 1.26. The molecule has 2 N–H and O–H groups in total. The van der Waals surface area contributed by atoms with Crippen molar-refractivity contribution in [2.24, 2.45) is 0 Å². The molecule has 3 rings (SSSR count). The number of carbonyl (C=O) groups excluding carboxylic acids is 1. The molecule has 0 aliphatic carbocycles. The van der Waals surface area contributed by atoms with Gasteiger partial charge in [-0.15, -0.1) is 0 Å². The van der Waals surface area contributed by atoms with Gasteiger partial charge in [0.2, 0.25) is 0 Å². The number of likely N-dealkylation sites (tertiary alicyclic amines) is 1. The minimum atomic E-state index is -0.119. The Kier molecular flexibility index (Phi) is 4.76. The molecule has 2 aliphatic heterocycles. The van der Waals surface area contributed by atoms with Crippen molar-refractivity contribution in [2.45, 2.75) is 37.8 Å². The minimum Gasteiger partial charge on any atom is -0.381 e. The van der Waals surface area contributed by atoms with Crippen LogP contribution in [-0.4, -0.2) is 54.2 Å². The number of nitrogens with one attached hydrogen (secondary N) is 2. The summed E-state index contributed by atoms with van der Waals surface area (Å²) in [4.78, 5) is 17.5. The third-order valence-corrected chi connectivity index (χ3v) is 4.63. The average Bonchev–Trinajstić information content (AvgIpc) is 3.06. The van der Waals surface area contributed by atoms with Crippen LogP contribution in [0.5, 0.6) is 0 Å². The lowest BCUT2D eigenvalue weighted by molar-refractivity contribution is 0.0238. The number of ether oxygens (including phenoxy) is 1. The lowest BCUT2D eigenvalue weighted by Crippen LogP contribution is -2.49. The van der Waals surface area contributed by atoms with E-state index >= 15 is 0 Å². The van der Waals surface area contributed by atoms with Gasteiger partial charge in [-0.2, -0.15) is 5.26 Å². The van der Waals surface area contributed by atoms with E-state index in [1.54, 1.807) is 12.3 Å². The van der Waals surface area contributed by atoms with Crippen LogP contribution < -0.4 is 5.32 Å². The first-order valence-corrected chi connectivity index (χ1v) is 7.97. The molecule has 0 bridgehead atoms. The molecule has 22 heavy (non-hydrogen) atoms. The zero-order valence-electron chi connectivity index (χ0n) is 12.7. The molecule has 0 unspecified atom stereocenters.